The predicted molar refractivity (Wildman–Crippen MR) is 87.1 cm³/mol. The highest BCUT2D eigenvalue weighted by atomic mass is 15.2. The molecule has 0 aliphatic carbocycles. The molecule has 0 aromatic heterocycles. The lowest BCUT2D eigenvalue weighted by Gasteiger charge is -2.40. The molecule has 1 unspecified atom stereocenters. The quantitative estimate of drug-likeness (QED) is 0.854. The maximum absolute atomic E-state index is 3.67. The lowest BCUT2D eigenvalue weighted by atomic mass is 9.80. The predicted octanol–water partition coefficient (Wildman–Crippen LogP) is 2.43. The molecule has 0 aromatic carbocycles. The number of nitrogens with one attached hydrogen (secondary N) is 1. The van der Waals surface area contributed by atoms with E-state index in [1.54, 1.807) is 0 Å². The topological polar surface area (TPSA) is 18.5 Å². The SMILES string of the molecule is CN1CCC(C)(CN2CCC(CNC(C)(C)C)C2)CC1. The van der Waals surface area contributed by atoms with Crippen molar-refractivity contribution >= 4 is 0 Å². The van der Waals surface area contributed by atoms with E-state index in [1.807, 2.05) is 0 Å². The molecule has 1 atom stereocenters. The van der Waals surface area contributed by atoms with Gasteiger partial charge in [0.15, 0.2) is 0 Å². The molecule has 2 rings (SSSR count). The van der Waals surface area contributed by atoms with Crippen LogP contribution >= 0.6 is 0 Å². The maximum atomic E-state index is 3.67. The van der Waals surface area contributed by atoms with Gasteiger partial charge in [-0.25, -0.2) is 0 Å². The Hall–Kier alpha value is -0.120. The summed E-state index contributed by atoms with van der Waals surface area (Å²) in [4.78, 5) is 5.20. The van der Waals surface area contributed by atoms with E-state index in [0.29, 0.717) is 5.41 Å². The van der Waals surface area contributed by atoms with Crippen LogP contribution in [0.25, 0.3) is 0 Å². The van der Waals surface area contributed by atoms with Crippen molar-refractivity contribution in [3.63, 3.8) is 0 Å². The van der Waals surface area contributed by atoms with Crippen LogP contribution in [0.4, 0.5) is 0 Å². The second-order valence-corrected chi connectivity index (χ2v) is 8.63. The van der Waals surface area contributed by atoms with Crippen molar-refractivity contribution < 1.29 is 0 Å². The molecule has 2 heterocycles. The average Bonchev–Trinajstić information content (AvgIpc) is 2.77. The largest absolute Gasteiger partial charge is 0.312 e. The van der Waals surface area contributed by atoms with E-state index in [1.165, 1.54) is 58.5 Å². The molecule has 20 heavy (non-hydrogen) atoms. The van der Waals surface area contributed by atoms with Gasteiger partial charge >= 0.3 is 0 Å². The van der Waals surface area contributed by atoms with Crippen molar-refractivity contribution in [1.29, 1.82) is 0 Å². The Morgan fingerprint density at radius 3 is 2.40 bits per heavy atom. The zero-order valence-corrected chi connectivity index (χ0v) is 14.3. The fourth-order valence-corrected chi connectivity index (χ4v) is 3.53. The van der Waals surface area contributed by atoms with Gasteiger partial charge in [0.1, 0.15) is 0 Å². The summed E-state index contributed by atoms with van der Waals surface area (Å²) in [5, 5.41) is 3.67. The molecule has 0 saturated carbocycles. The third kappa shape index (κ3) is 5.01. The first-order valence-electron chi connectivity index (χ1n) is 8.42. The monoisotopic (exact) mass is 281 g/mol. The molecule has 0 radical (unpaired) electrons. The standard InChI is InChI=1S/C17H35N3/c1-16(2,3)18-12-15-6-9-20(13-15)14-17(4)7-10-19(5)11-8-17/h15,18H,6-14H2,1-5H3. The Bertz CT molecular complexity index is 300. The number of piperidine rings is 1. The van der Waals surface area contributed by atoms with Gasteiger partial charge in [0.2, 0.25) is 0 Å². The summed E-state index contributed by atoms with van der Waals surface area (Å²) in [6.07, 6.45) is 4.11. The van der Waals surface area contributed by atoms with Crippen LogP contribution in [0, 0.1) is 11.3 Å². The first-order valence-corrected chi connectivity index (χ1v) is 8.42. The minimum atomic E-state index is 0.257. The molecule has 3 nitrogen and oxygen atoms in total. The number of hydrogen-bond acceptors (Lipinski definition) is 3. The van der Waals surface area contributed by atoms with Crippen LogP contribution in [0.5, 0.6) is 0 Å². The van der Waals surface area contributed by atoms with Crippen LogP contribution in [-0.4, -0.2) is 61.7 Å². The van der Waals surface area contributed by atoms with Crippen molar-refractivity contribution in [1.82, 2.24) is 15.1 Å². The molecule has 3 heteroatoms. The first kappa shape index (κ1) is 16.3. The summed E-state index contributed by atoms with van der Waals surface area (Å²) < 4.78 is 0. The zero-order chi connectivity index (χ0) is 14.8. The van der Waals surface area contributed by atoms with Gasteiger partial charge in [-0.15, -0.1) is 0 Å². The Kier molecular flexibility index (Phi) is 5.14. The van der Waals surface area contributed by atoms with E-state index < -0.39 is 0 Å². The van der Waals surface area contributed by atoms with Crippen LogP contribution in [0.3, 0.4) is 0 Å². The molecule has 2 aliphatic rings. The Morgan fingerprint density at radius 2 is 1.80 bits per heavy atom. The van der Waals surface area contributed by atoms with Crippen LogP contribution in [0.1, 0.15) is 47.0 Å². The van der Waals surface area contributed by atoms with Gasteiger partial charge < -0.3 is 15.1 Å². The molecular weight excluding hydrogens is 246 g/mol. The molecule has 0 bridgehead atoms. The molecule has 2 saturated heterocycles. The smallest absolute Gasteiger partial charge is 0.00966 e. The molecule has 2 aliphatic heterocycles. The molecule has 0 aromatic rings. The van der Waals surface area contributed by atoms with Gasteiger partial charge in [-0.2, -0.15) is 0 Å². The van der Waals surface area contributed by atoms with Crippen LogP contribution in [0.2, 0.25) is 0 Å². The van der Waals surface area contributed by atoms with Gasteiger partial charge in [-0.3, -0.25) is 0 Å². The Labute approximate surface area is 126 Å². The van der Waals surface area contributed by atoms with E-state index in [9.17, 15) is 0 Å². The molecule has 1 N–H and O–H groups in total. The van der Waals surface area contributed by atoms with Crippen molar-refractivity contribution in [2.75, 3.05) is 46.3 Å². The second kappa shape index (κ2) is 6.33. The molecule has 0 amide bonds. The lowest BCUT2D eigenvalue weighted by Crippen LogP contribution is -2.43. The summed E-state index contributed by atoms with van der Waals surface area (Å²) in [6, 6.07) is 0. The van der Waals surface area contributed by atoms with E-state index >= 15 is 0 Å². The lowest BCUT2D eigenvalue weighted by molar-refractivity contribution is 0.0952. The van der Waals surface area contributed by atoms with Crippen LogP contribution in [0.15, 0.2) is 0 Å². The van der Waals surface area contributed by atoms with Gasteiger partial charge in [-0.05, 0) is 84.6 Å². The van der Waals surface area contributed by atoms with Gasteiger partial charge in [0.25, 0.3) is 0 Å². The summed E-state index contributed by atoms with van der Waals surface area (Å²) in [7, 11) is 2.25. The van der Waals surface area contributed by atoms with Crippen molar-refractivity contribution in [2.24, 2.45) is 11.3 Å². The van der Waals surface area contributed by atoms with Crippen LogP contribution in [-0.2, 0) is 0 Å². The number of nitrogens with zero attached hydrogens (tertiary/aromatic N) is 2. The molecular formula is C17H35N3. The molecule has 0 spiro atoms. The average molecular weight is 281 g/mol. The minimum absolute atomic E-state index is 0.257. The van der Waals surface area contributed by atoms with Crippen molar-refractivity contribution in [3.8, 4) is 0 Å². The number of rotatable bonds is 4. The van der Waals surface area contributed by atoms with Gasteiger partial charge in [0, 0.05) is 18.6 Å². The zero-order valence-electron chi connectivity index (χ0n) is 14.3. The Balaban J connectivity index is 1.73. The number of likely N-dealkylation sites (tertiary alicyclic amines) is 2. The maximum Gasteiger partial charge on any atom is 0.00966 e. The Morgan fingerprint density at radius 1 is 1.15 bits per heavy atom. The van der Waals surface area contributed by atoms with Gasteiger partial charge in [-0.1, -0.05) is 6.92 Å². The van der Waals surface area contributed by atoms with Crippen molar-refractivity contribution in [3.05, 3.63) is 0 Å². The fourth-order valence-electron chi connectivity index (χ4n) is 3.53. The van der Waals surface area contributed by atoms with E-state index in [-0.39, 0.29) is 5.54 Å². The molecule has 118 valence electrons. The summed E-state index contributed by atoms with van der Waals surface area (Å²) in [5.74, 6) is 0.851. The highest BCUT2D eigenvalue weighted by Gasteiger charge is 2.33. The number of hydrogen-bond donors (Lipinski definition) is 1. The first-order chi connectivity index (χ1) is 9.26. The third-order valence-electron chi connectivity index (χ3n) is 5.09. The summed E-state index contributed by atoms with van der Waals surface area (Å²) >= 11 is 0. The highest BCUT2D eigenvalue weighted by Crippen LogP contribution is 2.33. The van der Waals surface area contributed by atoms with E-state index in [2.05, 4.69) is 49.9 Å². The molecule has 2 fully saturated rings. The fraction of sp³-hybridized carbons (Fsp3) is 1.00. The van der Waals surface area contributed by atoms with Crippen LogP contribution < -0.4 is 5.32 Å². The van der Waals surface area contributed by atoms with Gasteiger partial charge in [0.05, 0.1) is 0 Å². The minimum Gasteiger partial charge on any atom is -0.312 e. The highest BCUT2D eigenvalue weighted by molar-refractivity contribution is 4.88. The van der Waals surface area contributed by atoms with Crippen molar-refractivity contribution in [2.45, 2.75) is 52.5 Å². The second-order valence-electron chi connectivity index (χ2n) is 8.63. The van der Waals surface area contributed by atoms with E-state index in [0.717, 1.165) is 5.92 Å². The normalized spacial score (nSPS) is 28.9. The summed E-state index contributed by atoms with van der Waals surface area (Å²) in [6.45, 7) is 16.9. The third-order valence-corrected chi connectivity index (χ3v) is 5.09. The summed E-state index contributed by atoms with van der Waals surface area (Å²) in [5.41, 5.74) is 0.812. The van der Waals surface area contributed by atoms with E-state index in [4.69, 9.17) is 0 Å².